The van der Waals surface area contributed by atoms with E-state index in [1.807, 2.05) is 0 Å². The molecule has 1 aromatic heterocycles. The van der Waals surface area contributed by atoms with Gasteiger partial charge in [-0.1, -0.05) is 0 Å². The van der Waals surface area contributed by atoms with Gasteiger partial charge in [-0.3, -0.25) is 4.98 Å². The minimum absolute atomic E-state index is 0.304. The van der Waals surface area contributed by atoms with Crippen molar-refractivity contribution in [2.24, 2.45) is 0 Å². The van der Waals surface area contributed by atoms with Gasteiger partial charge >= 0.3 is 6.18 Å². The molecule has 0 fully saturated rings. The number of halogens is 5. The average Bonchev–Trinajstić information content (AvgIpc) is 2.02. The molecule has 78 valence electrons. The third kappa shape index (κ3) is 2.18. The van der Waals surface area contributed by atoms with E-state index in [-0.39, 0.29) is 5.69 Å². The van der Waals surface area contributed by atoms with E-state index in [4.69, 9.17) is 0 Å². The number of aromatic nitrogens is 1. The summed E-state index contributed by atoms with van der Waals surface area (Å²) in [5, 5.41) is 0. The Kier molecular flexibility index (Phi) is 2.73. The van der Waals surface area contributed by atoms with Gasteiger partial charge < -0.3 is 0 Å². The molecule has 0 radical (unpaired) electrons. The molecule has 1 rings (SSSR count). The number of hydrogen-bond donors (Lipinski definition) is 0. The Bertz CT molecular complexity index is 331. The topological polar surface area (TPSA) is 12.9 Å². The number of aryl methyl sites for hydroxylation is 1. The molecule has 0 spiro atoms. The highest BCUT2D eigenvalue weighted by Gasteiger charge is 2.33. The summed E-state index contributed by atoms with van der Waals surface area (Å²) < 4.78 is 60.7. The van der Waals surface area contributed by atoms with E-state index in [1.165, 1.54) is 0 Å². The zero-order valence-electron chi connectivity index (χ0n) is 7.07. The van der Waals surface area contributed by atoms with Crippen molar-refractivity contribution in [1.29, 1.82) is 0 Å². The highest BCUT2D eigenvalue weighted by atomic mass is 19.4. The number of nitrogens with zero attached hydrogens (tertiary/aromatic N) is 1. The Hall–Kier alpha value is -1.20. The predicted octanol–water partition coefficient (Wildman–Crippen LogP) is 3.35. The molecule has 0 aromatic carbocycles. The minimum atomic E-state index is -4.64. The van der Waals surface area contributed by atoms with Crippen LogP contribution in [0.5, 0.6) is 0 Å². The van der Waals surface area contributed by atoms with Crippen LogP contribution in [-0.4, -0.2) is 4.98 Å². The number of alkyl halides is 5. The molecular weight excluding hydrogens is 205 g/mol. The first kappa shape index (κ1) is 10.9. The molecule has 6 heteroatoms. The van der Waals surface area contributed by atoms with Gasteiger partial charge in [0.25, 0.3) is 6.43 Å². The number of hydrogen-bond acceptors (Lipinski definition) is 1. The lowest BCUT2D eigenvalue weighted by molar-refractivity contribution is -0.138. The SMILES string of the molecule is Cc1ncc(C(F)F)cc1C(F)(F)F. The number of pyridine rings is 1. The fourth-order valence-electron chi connectivity index (χ4n) is 0.956. The molecule has 1 heterocycles. The van der Waals surface area contributed by atoms with Crippen LogP contribution in [0.25, 0.3) is 0 Å². The summed E-state index contributed by atoms with van der Waals surface area (Å²) in [5.74, 6) is 0. The minimum Gasteiger partial charge on any atom is -0.260 e. The second-order valence-corrected chi connectivity index (χ2v) is 2.70. The first-order chi connectivity index (χ1) is 6.32. The third-order valence-electron chi connectivity index (χ3n) is 1.67. The fraction of sp³-hybridized carbons (Fsp3) is 0.375. The number of rotatable bonds is 1. The van der Waals surface area contributed by atoms with Crippen LogP contribution in [0, 0.1) is 6.92 Å². The molecule has 0 atom stereocenters. The van der Waals surface area contributed by atoms with E-state index >= 15 is 0 Å². The Morgan fingerprint density at radius 2 is 1.86 bits per heavy atom. The molecule has 0 saturated heterocycles. The van der Waals surface area contributed by atoms with Gasteiger partial charge in [0.2, 0.25) is 0 Å². The van der Waals surface area contributed by atoms with Crippen molar-refractivity contribution < 1.29 is 22.0 Å². The van der Waals surface area contributed by atoms with E-state index in [1.54, 1.807) is 0 Å². The molecule has 0 aliphatic rings. The average molecular weight is 211 g/mol. The van der Waals surface area contributed by atoms with Crippen LogP contribution in [0.3, 0.4) is 0 Å². The summed E-state index contributed by atoms with van der Waals surface area (Å²) in [5.41, 5.74) is -2.14. The van der Waals surface area contributed by atoms with Gasteiger partial charge in [-0.2, -0.15) is 13.2 Å². The summed E-state index contributed by atoms with van der Waals surface area (Å²) in [4.78, 5) is 3.27. The van der Waals surface area contributed by atoms with Crippen molar-refractivity contribution in [1.82, 2.24) is 4.98 Å². The first-order valence-electron chi connectivity index (χ1n) is 3.64. The smallest absolute Gasteiger partial charge is 0.260 e. The summed E-state index contributed by atoms with van der Waals surface area (Å²) >= 11 is 0. The maximum absolute atomic E-state index is 12.2. The zero-order valence-corrected chi connectivity index (χ0v) is 7.07. The highest BCUT2D eigenvalue weighted by molar-refractivity contribution is 5.27. The van der Waals surface area contributed by atoms with E-state index in [0.717, 1.165) is 13.1 Å². The van der Waals surface area contributed by atoms with Crippen LogP contribution < -0.4 is 0 Å². The summed E-state index contributed by atoms with van der Waals surface area (Å²) in [6.45, 7) is 1.12. The van der Waals surface area contributed by atoms with Crippen molar-refractivity contribution in [3.8, 4) is 0 Å². The molecule has 0 N–H and O–H groups in total. The molecule has 0 amide bonds. The third-order valence-corrected chi connectivity index (χ3v) is 1.67. The molecule has 1 nitrogen and oxygen atoms in total. The first-order valence-corrected chi connectivity index (χ1v) is 3.64. The molecular formula is C8H6F5N. The van der Waals surface area contributed by atoms with Gasteiger partial charge in [-0.15, -0.1) is 0 Å². The van der Waals surface area contributed by atoms with E-state index in [2.05, 4.69) is 4.98 Å². The van der Waals surface area contributed by atoms with Crippen LogP contribution in [0.2, 0.25) is 0 Å². The van der Waals surface area contributed by atoms with Crippen LogP contribution in [0.4, 0.5) is 22.0 Å². The maximum Gasteiger partial charge on any atom is 0.418 e. The summed E-state index contributed by atoms with van der Waals surface area (Å²) in [6.07, 6.45) is -6.83. The lowest BCUT2D eigenvalue weighted by Gasteiger charge is -2.10. The Balaban J connectivity index is 3.22. The normalized spacial score (nSPS) is 12.2. The quantitative estimate of drug-likeness (QED) is 0.649. The van der Waals surface area contributed by atoms with Crippen molar-refractivity contribution >= 4 is 0 Å². The fourth-order valence-corrected chi connectivity index (χ4v) is 0.956. The van der Waals surface area contributed by atoms with Gasteiger partial charge in [0.1, 0.15) is 0 Å². The van der Waals surface area contributed by atoms with E-state index in [9.17, 15) is 22.0 Å². The van der Waals surface area contributed by atoms with E-state index in [0.29, 0.717) is 6.07 Å². The summed E-state index contributed by atoms with van der Waals surface area (Å²) in [6, 6.07) is 0.424. The van der Waals surface area contributed by atoms with Crippen LogP contribution in [0.1, 0.15) is 23.2 Å². The monoisotopic (exact) mass is 211 g/mol. The molecule has 0 saturated carbocycles. The lowest BCUT2D eigenvalue weighted by Crippen LogP contribution is -2.09. The van der Waals surface area contributed by atoms with Gasteiger partial charge in [-0.05, 0) is 13.0 Å². The van der Waals surface area contributed by atoms with E-state index < -0.39 is 23.7 Å². The van der Waals surface area contributed by atoms with Crippen LogP contribution in [0.15, 0.2) is 12.3 Å². The standard InChI is InChI=1S/C8H6F5N/c1-4-6(8(11,12)13)2-5(3-14-4)7(9)10/h2-3,7H,1H3. The van der Waals surface area contributed by atoms with Gasteiger partial charge in [0.05, 0.1) is 5.56 Å². The molecule has 0 unspecified atom stereocenters. The molecule has 0 aliphatic carbocycles. The second kappa shape index (κ2) is 3.51. The molecule has 0 aliphatic heterocycles. The predicted molar refractivity (Wildman–Crippen MR) is 38.9 cm³/mol. The molecule has 1 aromatic rings. The second-order valence-electron chi connectivity index (χ2n) is 2.70. The van der Waals surface area contributed by atoms with Gasteiger partial charge in [-0.25, -0.2) is 8.78 Å². The van der Waals surface area contributed by atoms with Crippen molar-refractivity contribution in [2.45, 2.75) is 19.5 Å². The maximum atomic E-state index is 12.2. The Morgan fingerprint density at radius 3 is 2.29 bits per heavy atom. The highest BCUT2D eigenvalue weighted by Crippen LogP contribution is 2.33. The Morgan fingerprint density at radius 1 is 1.29 bits per heavy atom. The van der Waals surface area contributed by atoms with Crippen molar-refractivity contribution in [3.05, 3.63) is 29.1 Å². The van der Waals surface area contributed by atoms with Crippen molar-refractivity contribution in [2.75, 3.05) is 0 Å². The van der Waals surface area contributed by atoms with Crippen molar-refractivity contribution in [3.63, 3.8) is 0 Å². The van der Waals surface area contributed by atoms with Crippen LogP contribution in [-0.2, 0) is 6.18 Å². The summed E-state index contributed by atoms with van der Waals surface area (Å²) in [7, 11) is 0. The van der Waals surface area contributed by atoms with Gasteiger partial charge in [0.15, 0.2) is 0 Å². The zero-order chi connectivity index (χ0) is 10.9. The lowest BCUT2D eigenvalue weighted by atomic mass is 10.1. The Labute approximate surface area is 76.6 Å². The largest absolute Gasteiger partial charge is 0.418 e. The molecule has 14 heavy (non-hydrogen) atoms. The molecule has 0 bridgehead atoms. The van der Waals surface area contributed by atoms with Crippen LogP contribution >= 0.6 is 0 Å². The van der Waals surface area contributed by atoms with Gasteiger partial charge in [0, 0.05) is 17.5 Å².